The highest BCUT2D eigenvalue weighted by Crippen LogP contribution is 2.25. The summed E-state index contributed by atoms with van der Waals surface area (Å²) < 4.78 is 22.1. The quantitative estimate of drug-likeness (QED) is 0.639. The van der Waals surface area contributed by atoms with Gasteiger partial charge >= 0.3 is 0 Å². The topological polar surface area (TPSA) is 53.7 Å². The maximum absolute atomic E-state index is 5.87. The molecule has 0 saturated heterocycles. The van der Waals surface area contributed by atoms with Crippen LogP contribution in [-0.4, -0.2) is 19.2 Å². The molecule has 25 heavy (non-hydrogen) atoms. The number of aromatic nitrogens is 1. The number of rotatable bonds is 7. The van der Waals surface area contributed by atoms with Gasteiger partial charge in [-0.25, -0.2) is 4.98 Å². The number of methoxy groups -OCH3 is 2. The summed E-state index contributed by atoms with van der Waals surface area (Å²) in [6.45, 7) is 2.69. The van der Waals surface area contributed by atoms with Crippen LogP contribution in [-0.2, 0) is 18.0 Å². The van der Waals surface area contributed by atoms with Crippen molar-refractivity contribution >= 4 is 0 Å². The number of hydrogen-bond donors (Lipinski definition) is 0. The smallest absolute Gasteiger partial charge is 0.226 e. The highest BCUT2D eigenvalue weighted by molar-refractivity contribution is 5.55. The molecule has 0 amide bonds. The minimum atomic E-state index is 0.321. The molecule has 0 fully saturated rings. The first-order chi connectivity index (χ1) is 12.2. The second kappa shape index (κ2) is 7.85. The van der Waals surface area contributed by atoms with Gasteiger partial charge in [-0.05, 0) is 48.9 Å². The largest absolute Gasteiger partial charge is 0.497 e. The Morgan fingerprint density at radius 3 is 2.44 bits per heavy atom. The molecule has 3 aromatic rings. The Kier molecular flexibility index (Phi) is 5.36. The third-order valence-electron chi connectivity index (χ3n) is 3.76. The van der Waals surface area contributed by atoms with Gasteiger partial charge in [0.15, 0.2) is 5.76 Å². The van der Waals surface area contributed by atoms with E-state index >= 15 is 0 Å². The Hall–Kier alpha value is -2.79. The highest BCUT2D eigenvalue weighted by atomic mass is 16.5. The van der Waals surface area contributed by atoms with Crippen LogP contribution in [0.5, 0.6) is 11.5 Å². The lowest BCUT2D eigenvalue weighted by molar-refractivity contribution is 0.161. The van der Waals surface area contributed by atoms with Crippen molar-refractivity contribution in [2.45, 2.75) is 20.1 Å². The summed E-state index contributed by atoms with van der Waals surface area (Å²) in [5, 5.41) is 0. The lowest BCUT2D eigenvalue weighted by atomic mass is 10.2. The van der Waals surface area contributed by atoms with Crippen LogP contribution in [0, 0.1) is 6.92 Å². The van der Waals surface area contributed by atoms with E-state index in [1.807, 2.05) is 55.5 Å². The third kappa shape index (κ3) is 4.19. The van der Waals surface area contributed by atoms with Crippen LogP contribution < -0.4 is 9.47 Å². The van der Waals surface area contributed by atoms with Crippen molar-refractivity contribution in [1.82, 2.24) is 4.98 Å². The molecule has 1 aromatic heterocycles. The Bertz CT molecular complexity index is 824. The van der Waals surface area contributed by atoms with Crippen LogP contribution in [0.4, 0.5) is 0 Å². The highest BCUT2D eigenvalue weighted by Gasteiger charge is 2.15. The predicted molar refractivity (Wildman–Crippen MR) is 94.7 cm³/mol. The molecule has 0 N–H and O–H groups in total. The van der Waals surface area contributed by atoms with Crippen molar-refractivity contribution in [3.05, 3.63) is 65.5 Å². The van der Waals surface area contributed by atoms with Gasteiger partial charge in [-0.3, -0.25) is 0 Å². The SMILES string of the molecule is COCc1oc(-c2ccc(OC)cc2)nc1COc1cccc(C)c1. The zero-order valence-electron chi connectivity index (χ0n) is 14.6. The molecule has 130 valence electrons. The van der Waals surface area contributed by atoms with E-state index in [2.05, 4.69) is 4.98 Å². The summed E-state index contributed by atoms with van der Waals surface area (Å²) >= 11 is 0. The maximum atomic E-state index is 5.87. The number of aryl methyl sites for hydroxylation is 1. The van der Waals surface area contributed by atoms with E-state index in [1.165, 1.54) is 0 Å². The van der Waals surface area contributed by atoms with E-state index in [4.69, 9.17) is 18.6 Å². The third-order valence-corrected chi connectivity index (χ3v) is 3.76. The summed E-state index contributed by atoms with van der Waals surface area (Å²) in [5.74, 6) is 2.80. The molecule has 0 radical (unpaired) electrons. The van der Waals surface area contributed by atoms with Crippen LogP contribution in [0.2, 0.25) is 0 Å². The van der Waals surface area contributed by atoms with E-state index < -0.39 is 0 Å². The summed E-state index contributed by atoms with van der Waals surface area (Å²) in [5.41, 5.74) is 2.75. The number of benzene rings is 2. The Labute approximate surface area is 147 Å². The van der Waals surface area contributed by atoms with Crippen molar-refractivity contribution < 1.29 is 18.6 Å². The molecule has 0 saturated carbocycles. The maximum Gasteiger partial charge on any atom is 0.226 e. The van der Waals surface area contributed by atoms with Crippen molar-refractivity contribution in [3.63, 3.8) is 0 Å². The van der Waals surface area contributed by atoms with E-state index in [0.717, 1.165) is 28.3 Å². The fourth-order valence-corrected chi connectivity index (χ4v) is 2.45. The van der Waals surface area contributed by atoms with Crippen molar-refractivity contribution in [1.29, 1.82) is 0 Å². The molecule has 5 nitrogen and oxygen atoms in total. The first-order valence-corrected chi connectivity index (χ1v) is 8.01. The van der Waals surface area contributed by atoms with Gasteiger partial charge in [0.25, 0.3) is 0 Å². The zero-order chi connectivity index (χ0) is 17.6. The van der Waals surface area contributed by atoms with Crippen LogP contribution in [0.15, 0.2) is 52.9 Å². The fraction of sp³-hybridized carbons (Fsp3) is 0.250. The Balaban J connectivity index is 1.81. The number of oxazole rings is 1. The van der Waals surface area contributed by atoms with E-state index in [9.17, 15) is 0 Å². The van der Waals surface area contributed by atoms with Gasteiger partial charge in [0.05, 0.1) is 7.11 Å². The van der Waals surface area contributed by atoms with Crippen LogP contribution in [0.1, 0.15) is 17.0 Å². The molecular formula is C20H21NO4. The van der Waals surface area contributed by atoms with Crippen molar-refractivity contribution in [3.8, 4) is 23.0 Å². The average molecular weight is 339 g/mol. The molecule has 0 bridgehead atoms. The van der Waals surface area contributed by atoms with Crippen LogP contribution >= 0.6 is 0 Å². The van der Waals surface area contributed by atoms with Gasteiger partial charge in [0.2, 0.25) is 5.89 Å². The Morgan fingerprint density at radius 2 is 1.76 bits per heavy atom. The van der Waals surface area contributed by atoms with Gasteiger partial charge in [-0.1, -0.05) is 12.1 Å². The normalized spacial score (nSPS) is 10.7. The molecule has 0 aliphatic rings. The summed E-state index contributed by atoms with van der Waals surface area (Å²) in [4.78, 5) is 4.58. The van der Waals surface area contributed by atoms with Crippen molar-refractivity contribution in [2.75, 3.05) is 14.2 Å². The molecule has 0 aliphatic carbocycles. The Morgan fingerprint density at radius 1 is 0.960 bits per heavy atom. The molecule has 0 atom stereocenters. The first kappa shape index (κ1) is 17.0. The lowest BCUT2D eigenvalue weighted by Crippen LogP contribution is -2.00. The minimum absolute atomic E-state index is 0.321. The summed E-state index contributed by atoms with van der Waals surface area (Å²) in [6, 6.07) is 15.5. The summed E-state index contributed by atoms with van der Waals surface area (Å²) in [6.07, 6.45) is 0. The van der Waals surface area contributed by atoms with E-state index in [-0.39, 0.29) is 0 Å². The number of nitrogens with zero attached hydrogens (tertiary/aromatic N) is 1. The molecule has 0 aliphatic heterocycles. The van der Waals surface area contributed by atoms with Gasteiger partial charge in [0.1, 0.15) is 30.4 Å². The molecule has 0 spiro atoms. The van der Waals surface area contributed by atoms with Gasteiger partial charge in [0, 0.05) is 12.7 Å². The second-order valence-corrected chi connectivity index (χ2v) is 5.66. The van der Waals surface area contributed by atoms with E-state index in [1.54, 1.807) is 14.2 Å². The second-order valence-electron chi connectivity index (χ2n) is 5.66. The molecular weight excluding hydrogens is 318 g/mol. The fourth-order valence-electron chi connectivity index (χ4n) is 2.45. The first-order valence-electron chi connectivity index (χ1n) is 8.01. The number of ether oxygens (including phenoxy) is 3. The van der Waals surface area contributed by atoms with Gasteiger partial charge in [-0.2, -0.15) is 0 Å². The van der Waals surface area contributed by atoms with Crippen molar-refractivity contribution in [2.24, 2.45) is 0 Å². The molecule has 2 aromatic carbocycles. The summed E-state index contributed by atoms with van der Waals surface area (Å²) in [7, 11) is 3.26. The predicted octanol–water partition coefficient (Wildman–Crippen LogP) is 4.38. The monoisotopic (exact) mass is 339 g/mol. The standard InChI is InChI=1S/C20H21NO4/c1-14-5-4-6-17(11-14)24-12-18-19(13-22-2)25-20(21-18)15-7-9-16(23-3)10-8-15/h4-11H,12-13H2,1-3H3. The lowest BCUT2D eigenvalue weighted by Gasteiger charge is -2.05. The minimum Gasteiger partial charge on any atom is -0.497 e. The van der Waals surface area contributed by atoms with E-state index in [0.29, 0.717) is 24.9 Å². The molecule has 3 rings (SSSR count). The zero-order valence-corrected chi connectivity index (χ0v) is 14.6. The van der Waals surface area contributed by atoms with Crippen LogP contribution in [0.25, 0.3) is 11.5 Å². The number of hydrogen-bond acceptors (Lipinski definition) is 5. The van der Waals surface area contributed by atoms with Crippen LogP contribution in [0.3, 0.4) is 0 Å². The average Bonchev–Trinajstić information content (AvgIpc) is 3.03. The molecule has 0 unspecified atom stereocenters. The van der Waals surface area contributed by atoms with Gasteiger partial charge in [-0.15, -0.1) is 0 Å². The molecule has 5 heteroatoms. The van der Waals surface area contributed by atoms with Gasteiger partial charge < -0.3 is 18.6 Å². The molecule has 1 heterocycles.